The van der Waals surface area contributed by atoms with Crippen LogP contribution in [0.3, 0.4) is 0 Å². The highest BCUT2D eigenvalue weighted by Gasteiger charge is 2.25. The van der Waals surface area contributed by atoms with E-state index in [0.717, 1.165) is 16.0 Å². The van der Waals surface area contributed by atoms with Crippen LogP contribution < -0.4 is 5.56 Å². The minimum atomic E-state index is -0.793. The Morgan fingerprint density at radius 1 is 1.19 bits per heavy atom. The average molecular weight is 388 g/mol. The van der Waals surface area contributed by atoms with Crippen LogP contribution in [0.15, 0.2) is 29.1 Å². The summed E-state index contributed by atoms with van der Waals surface area (Å²) in [6.45, 7) is 8.75. The summed E-state index contributed by atoms with van der Waals surface area (Å²) in [7, 11) is 0. The highest BCUT2D eigenvalue weighted by Crippen LogP contribution is 2.36. The van der Waals surface area contributed by atoms with Crippen LogP contribution in [-0.4, -0.2) is 21.6 Å². The van der Waals surface area contributed by atoms with E-state index < -0.39 is 12.0 Å². The topological polar surface area (TPSA) is 61.2 Å². The molecule has 2 aromatic heterocycles. The highest BCUT2D eigenvalue weighted by atomic mass is 32.1. The molecule has 7 heteroatoms. The fourth-order valence-electron chi connectivity index (χ4n) is 3.13. The zero-order valence-electron chi connectivity index (χ0n) is 15.9. The number of carbonyl (C=O) groups excluding carboxylic acids is 1. The molecule has 1 atom stereocenters. The molecule has 27 heavy (non-hydrogen) atoms. The molecule has 0 aliphatic rings. The van der Waals surface area contributed by atoms with E-state index >= 15 is 0 Å². The van der Waals surface area contributed by atoms with Crippen molar-refractivity contribution < 1.29 is 13.9 Å². The number of ether oxygens (including phenoxy) is 1. The molecule has 0 bridgehead atoms. The first kappa shape index (κ1) is 19.2. The number of carbonyl (C=O) groups is 1. The van der Waals surface area contributed by atoms with E-state index in [2.05, 4.69) is 4.98 Å². The molecule has 0 aliphatic carbocycles. The van der Waals surface area contributed by atoms with Crippen LogP contribution in [0.25, 0.3) is 21.3 Å². The maximum atomic E-state index is 13.3. The number of thiophene rings is 1. The summed E-state index contributed by atoms with van der Waals surface area (Å²) < 4.78 is 19.9. The van der Waals surface area contributed by atoms with Crippen molar-refractivity contribution in [1.29, 1.82) is 0 Å². The van der Waals surface area contributed by atoms with E-state index in [9.17, 15) is 14.0 Å². The number of hydrogen-bond acceptors (Lipinski definition) is 5. The third-order valence-electron chi connectivity index (χ3n) is 4.32. The molecule has 0 amide bonds. The van der Waals surface area contributed by atoms with Gasteiger partial charge in [-0.2, -0.15) is 0 Å². The van der Waals surface area contributed by atoms with Crippen LogP contribution in [0.1, 0.15) is 37.5 Å². The molecule has 5 nitrogen and oxygen atoms in total. The lowest BCUT2D eigenvalue weighted by Crippen LogP contribution is -2.32. The maximum absolute atomic E-state index is 13.3. The number of halogens is 1. The fraction of sp³-hybridized carbons (Fsp3) is 0.350. The van der Waals surface area contributed by atoms with Crippen LogP contribution in [0, 0.1) is 19.7 Å². The van der Waals surface area contributed by atoms with Crippen molar-refractivity contribution in [3.63, 3.8) is 0 Å². The third kappa shape index (κ3) is 3.51. The number of benzene rings is 1. The summed E-state index contributed by atoms with van der Waals surface area (Å²) in [6, 6.07) is 5.22. The fourth-order valence-corrected chi connectivity index (χ4v) is 4.21. The predicted octanol–water partition coefficient (Wildman–Crippen LogP) is 4.39. The first-order valence-corrected chi connectivity index (χ1v) is 9.51. The summed E-state index contributed by atoms with van der Waals surface area (Å²) >= 11 is 1.41. The van der Waals surface area contributed by atoms with Crippen LogP contribution in [0.2, 0.25) is 0 Å². The van der Waals surface area contributed by atoms with Gasteiger partial charge in [0.15, 0.2) is 0 Å². The summed E-state index contributed by atoms with van der Waals surface area (Å²) in [5.74, 6) is -0.369. The Balaban J connectivity index is 2.23. The van der Waals surface area contributed by atoms with Crippen LogP contribution in [0.5, 0.6) is 0 Å². The predicted molar refractivity (Wildman–Crippen MR) is 105 cm³/mol. The highest BCUT2D eigenvalue weighted by molar-refractivity contribution is 7.19. The molecular weight excluding hydrogens is 367 g/mol. The van der Waals surface area contributed by atoms with E-state index in [1.54, 1.807) is 39.8 Å². The number of aromatic nitrogens is 2. The smallest absolute Gasteiger partial charge is 0.329 e. The van der Waals surface area contributed by atoms with Gasteiger partial charge in [0.2, 0.25) is 0 Å². The number of hydrogen-bond donors (Lipinski definition) is 0. The van der Waals surface area contributed by atoms with Gasteiger partial charge < -0.3 is 4.74 Å². The second-order valence-corrected chi connectivity index (χ2v) is 7.92. The molecule has 0 radical (unpaired) electrons. The van der Waals surface area contributed by atoms with E-state index in [-0.39, 0.29) is 17.5 Å². The SMILES string of the molecule is Cc1sc2nc(C)n(C(C)C(=O)OC(C)C)c(=O)c2c1-c1ccc(F)cc1. The molecule has 0 fully saturated rings. The number of fused-ring (bicyclic) bond motifs is 1. The van der Waals surface area contributed by atoms with Crippen molar-refractivity contribution in [2.45, 2.75) is 46.8 Å². The van der Waals surface area contributed by atoms with Gasteiger partial charge in [0.25, 0.3) is 5.56 Å². The number of aryl methyl sites for hydroxylation is 2. The molecule has 0 spiro atoms. The summed E-state index contributed by atoms with van der Waals surface area (Å²) in [6.07, 6.45) is -0.272. The molecular formula is C20H21FN2O3S. The van der Waals surface area contributed by atoms with Crippen molar-refractivity contribution in [2.75, 3.05) is 0 Å². The number of esters is 1. The Morgan fingerprint density at radius 3 is 2.41 bits per heavy atom. The average Bonchev–Trinajstić information content (AvgIpc) is 2.91. The summed E-state index contributed by atoms with van der Waals surface area (Å²) in [5, 5.41) is 0.443. The molecule has 1 aromatic carbocycles. The molecule has 3 aromatic rings. The summed E-state index contributed by atoms with van der Waals surface area (Å²) in [4.78, 5) is 31.7. The van der Waals surface area contributed by atoms with Crippen LogP contribution >= 0.6 is 11.3 Å². The number of nitrogens with zero attached hydrogens (tertiary/aromatic N) is 2. The summed E-state index contributed by atoms with van der Waals surface area (Å²) in [5.41, 5.74) is 1.17. The maximum Gasteiger partial charge on any atom is 0.329 e. The van der Waals surface area contributed by atoms with Gasteiger partial charge in [-0.3, -0.25) is 9.36 Å². The molecule has 3 rings (SSSR count). The Kier molecular flexibility index (Phi) is 5.15. The van der Waals surface area contributed by atoms with Crippen molar-refractivity contribution >= 4 is 27.5 Å². The van der Waals surface area contributed by atoms with Gasteiger partial charge in [0.05, 0.1) is 11.5 Å². The molecule has 1 unspecified atom stereocenters. The lowest BCUT2D eigenvalue weighted by atomic mass is 10.0. The van der Waals surface area contributed by atoms with Crippen molar-refractivity contribution in [3.8, 4) is 11.1 Å². The minimum Gasteiger partial charge on any atom is -0.461 e. The van der Waals surface area contributed by atoms with Gasteiger partial charge in [0.1, 0.15) is 22.5 Å². The van der Waals surface area contributed by atoms with Crippen LogP contribution in [0.4, 0.5) is 4.39 Å². The van der Waals surface area contributed by atoms with E-state index in [0.29, 0.717) is 16.0 Å². The van der Waals surface area contributed by atoms with Gasteiger partial charge in [-0.15, -0.1) is 11.3 Å². The second kappa shape index (κ2) is 7.23. The standard InChI is InChI=1S/C20H21FN2O3S/c1-10(2)26-20(25)11(3)23-13(5)22-18-17(19(23)24)16(12(4)27-18)14-6-8-15(21)9-7-14/h6-11H,1-5H3. The Hall–Kier alpha value is -2.54. The zero-order chi connectivity index (χ0) is 19.9. The lowest BCUT2D eigenvalue weighted by Gasteiger charge is -2.18. The monoisotopic (exact) mass is 388 g/mol. The third-order valence-corrected chi connectivity index (χ3v) is 5.32. The van der Waals surface area contributed by atoms with Gasteiger partial charge in [0, 0.05) is 10.4 Å². The molecule has 2 heterocycles. The molecule has 0 aliphatic heterocycles. The quantitative estimate of drug-likeness (QED) is 0.622. The lowest BCUT2D eigenvalue weighted by molar-refractivity contribution is -0.151. The van der Waals surface area contributed by atoms with E-state index in [1.165, 1.54) is 28.0 Å². The molecule has 0 saturated heterocycles. The minimum absolute atomic E-state index is 0.272. The largest absolute Gasteiger partial charge is 0.461 e. The zero-order valence-corrected chi connectivity index (χ0v) is 16.7. The van der Waals surface area contributed by atoms with Gasteiger partial charge in [-0.1, -0.05) is 12.1 Å². The first-order chi connectivity index (χ1) is 12.7. The van der Waals surface area contributed by atoms with Crippen molar-refractivity contribution in [2.24, 2.45) is 0 Å². The van der Waals surface area contributed by atoms with Gasteiger partial charge >= 0.3 is 5.97 Å². The molecule has 142 valence electrons. The van der Waals surface area contributed by atoms with Crippen molar-refractivity contribution in [1.82, 2.24) is 9.55 Å². The second-order valence-electron chi connectivity index (χ2n) is 6.72. The van der Waals surface area contributed by atoms with E-state index in [4.69, 9.17) is 4.74 Å². The number of rotatable bonds is 4. The van der Waals surface area contributed by atoms with Gasteiger partial charge in [-0.05, 0) is 52.3 Å². The van der Waals surface area contributed by atoms with Crippen LogP contribution in [-0.2, 0) is 9.53 Å². The Morgan fingerprint density at radius 2 is 1.81 bits per heavy atom. The Bertz CT molecular complexity index is 1070. The van der Waals surface area contributed by atoms with Crippen molar-refractivity contribution in [3.05, 3.63) is 51.1 Å². The van der Waals surface area contributed by atoms with E-state index in [1.807, 2.05) is 6.92 Å². The Labute approximate surface area is 160 Å². The first-order valence-electron chi connectivity index (χ1n) is 8.69. The normalized spacial score (nSPS) is 12.6. The van der Waals surface area contributed by atoms with Gasteiger partial charge in [-0.25, -0.2) is 14.2 Å². The molecule has 0 saturated carbocycles. The molecule has 0 N–H and O–H groups in total.